The molecule has 0 saturated heterocycles. The lowest BCUT2D eigenvalue weighted by atomic mass is 10.2. The van der Waals surface area contributed by atoms with Gasteiger partial charge in [0, 0.05) is 6.20 Å². The van der Waals surface area contributed by atoms with E-state index < -0.39 is 11.4 Å². The third-order valence-electron chi connectivity index (χ3n) is 3.39. The van der Waals surface area contributed by atoms with E-state index in [9.17, 15) is 9.59 Å². The van der Waals surface area contributed by atoms with E-state index in [1.807, 2.05) is 31.2 Å². The van der Waals surface area contributed by atoms with Crippen molar-refractivity contribution in [3.8, 4) is 5.69 Å². The van der Waals surface area contributed by atoms with Crippen molar-refractivity contribution in [2.45, 2.75) is 13.8 Å². The minimum absolute atomic E-state index is 0.283. The zero-order chi connectivity index (χ0) is 15.1. The molecular weight excluding hydrogens is 270 g/mol. The predicted octanol–water partition coefficient (Wildman–Crippen LogP) is 2.03. The smallest absolute Gasteiger partial charge is 0.341 e. The van der Waals surface area contributed by atoms with E-state index >= 15 is 0 Å². The minimum atomic E-state index is -1.25. The second-order valence-electron chi connectivity index (χ2n) is 4.89. The number of hydrogen-bond donors (Lipinski definition) is 2. The van der Waals surface area contributed by atoms with Gasteiger partial charge in [0.1, 0.15) is 11.2 Å². The van der Waals surface area contributed by atoms with Gasteiger partial charge in [-0.15, -0.1) is 0 Å². The molecule has 2 N–H and O–H groups in total. The van der Waals surface area contributed by atoms with E-state index in [4.69, 9.17) is 5.11 Å². The monoisotopic (exact) mass is 283 g/mol. The number of carboxylic acid groups (broad SMARTS) is 1. The van der Waals surface area contributed by atoms with Crippen LogP contribution in [0.5, 0.6) is 0 Å². The van der Waals surface area contributed by atoms with Crippen molar-refractivity contribution in [1.82, 2.24) is 14.8 Å². The maximum Gasteiger partial charge on any atom is 0.341 e. The molecular formula is C15H13N3O3. The molecule has 6 nitrogen and oxygen atoms in total. The molecule has 3 aromatic rings. The SMILES string of the molecule is Cc1ccc(-n2nc(C)c3c(=O)c(C(=O)O)c[nH]c32)cc1. The average molecular weight is 283 g/mol. The van der Waals surface area contributed by atoms with Crippen LogP contribution >= 0.6 is 0 Å². The molecule has 0 unspecified atom stereocenters. The van der Waals surface area contributed by atoms with Gasteiger partial charge in [0.25, 0.3) is 0 Å². The largest absolute Gasteiger partial charge is 0.477 e. The highest BCUT2D eigenvalue weighted by atomic mass is 16.4. The molecule has 0 aliphatic carbocycles. The number of H-pyrrole nitrogens is 1. The van der Waals surface area contributed by atoms with Gasteiger partial charge in [0.15, 0.2) is 0 Å². The normalized spacial score (nSPS) is 11.0. The van der Waals surface area contributed by atoms with Crippen LogP contribution in [0.1, 0.15) is 21.6 Å². The number of pyridine rings is 1. The highest BCUT2D eigenvalue weighted by Crippen LogP contribution is 2.18. The van der Waals surface area contributed by atoms with E-state index in [1.165, 1.54) is 6.20 Å². The molecule has 6 heteroatoms. The van der Waals surface area contributed by atoms with Crippen LogP contribution in [0.25, 0.3) is 16.7 Å². The van der Waals surface area contributed by atoms with Crippen LogP contribution in [0, 0.1) is 13.8 Å². The number of carbonyl (C=O) groups is 1. The summed E-state index contributed by atoms with van der Waals surface area (Å²) in [4.78, 5) is 26.1. The standard InChI is InChI=1S/C15H13N3O3/c1-8-3-5-10(6-4-8)18-14-12(9(2)17-18)13(19)11(7-16-14)15(20)21/h3-7H,1-2H3,(H,16,19)(H,20,21). The summed E-state index contributed by atoms with van der Waals surface area (Å²) in [6.45, 7) is 3.67. The summed E-state index contributed by atoms with van der Waals surface area (Å²) < 4.78 is 1.61. The van der Waals surface area contributed by atoms with Crippen LogP contribution in [-0.4, -0.2) is 25.8 Å². The lowest BCUT2D eigenvalue weighted by molar-refractivity contribution is 0.0695. The minimum Gasteiger partial charge on any atom is -0.477 e. The van der Waals surface area contributed by atoms with Crippen molar-refractivity contribution < 1.29 is 9.90 Å². The topological polar surface area (TPSA) is 88.0 Å². The van der Waals surface area contributed by atoms with Crippen LogP contribution in [0.2, 0.25) is 0 Å². The van der Waals surface area contributed by atoms with Crippen LogP contribution in [0.4, 0.5) is 0 Å². The Balaban J connectivity index is 2.32. The Kier molecular flexibility index (Phi) is 2.86. The lowest BCUT2D eigenvalue weighted by Crippen LogP contribution is -2.15. The number of hydrogen-bond acceptors (Lipinski definition) is 3. The molecule has 0 saturated carbocycles. The maximum absolute atomic E-state index is 12.2. The Labute approximate surface area is 119 Å². The molecule has 1 aromatic carbocycles. The Bertz CT molecular complexity index is 904. The first-order valence-corrected chi connectivity index (χ1v) is 6.40. The third-order valence-corrected chi connectivity index (χ3v) is 3.39. The highest BCUT2D eigenvalue weighted by Gasteiger charge is 2.18. The number of aromatic carboxylic acids is 1. The number of fused-ring (bicyclic) bond motifs is 1. The zero-order valence-electron chi connectivity index (χ0n) is 11.5. The van der Waals surface area contributed by atoms with Crippen molar-refractivity contribution in [2.75, 3.05) is 0 Å². The highest BCUT2D eigenvalue weighted by molar-refractivity contribution is 5.92. The van der Waals surface area contributed by atoms with Crippen LogP contribution in [-0.2, 0) is 0 Å². The molecule has 106 valence electrons. The summed E-state index contributed by atoms with van der Waals surface area (Å²) in [5.74, 6) is -1.25. The number of aromatic nitrogens is 3. The van der Waals surface area contributed by atoms with Gasteiger partial charge in [-0.05, 0) is 26.0 Å². The van der Waals surface area contributed by atoms with Crippen molar-refractivity contribution >= 4 is 17.0 Å². The molecule has 0 fully saturated rings. The van der Waals surface area contributed by atoms with Gasteiger partial charge in [-0.25, -0.2) is 9.48 Å². The van der Waals surface area contributed by atoms with Crippen molar-refractivity contribution in [2.24, 2.45) is 0 Å². The summed E-state index contributed by atoms with van der Waals surface area (Å²) in [7, 11) is 0. The maximum atomic E-state index is 12.2. The molecule has 0 bridgehead atoms. The number of benzene rings is 1. The number of aromatic amines is 1. The Morgan fingerprint density at radius 3 is 2.52 bits per heavy atom. The molecule has 21 heavy (non-hydrogen) atoms. The van der Waals surface area contributed by atoms with E-state index in [-0.39, 0.29) is 5.56 Å². The van der Waals surface area contributed by atoms with Gasteiger partial charge >= 0.3 is 5.97 Å². The summed E-state index contributed by atoms with van der Waals surface area (Å²) in [5.41, 5.74) is 2.11. The van der Waals surface area contributed by atoms with Gasteiger partial charge in [-0.1, -0.05) is 17.7 Å². The van der Waals surface area contributed by atoms with Gasteiger partial charge in [0.2, 0.25) is 5.43 Å². The van der Waals surface area contributed by atoms with Crippen LogP contribution in [0.3, 0.4) is 0 Å². The molecule has 0 atom stereocenters. The molecule has 0 radical (unpaired) electrons. The lowest BCUT2D eigenvalue weighted by Gasteiger charge is -2.04. The van der Waals surface area contributed by atoms with Gasteiger partial charge < -0.3 is 10.1 Å². The number of rotatable bonds is 2. The van der Waals surface area contributed by atoms with Gasteiger partial charge in [0.05, 0.1) is 16.8 Å². The second kappa shape index (κ2) is 4.59. The molecule has 2 aromatic heterocycles. The van der Waals surface area contributed by atoms with Crippen LogP contribution in [0.15, 0.2) is 35.3 Å². The van der Waals surface area contributed by atoms with Crippen molar-refractivity contribution in [3.63, 3.8) is 0 Å². The van der Waals surface area contributed by atoms with Gasteiger partial charge in [-0.2, -0.15) is 5.10 Å². The van der Waals surface area contributed by atoms with Crippen LogP contribution < -0.4 is 5.43 Å². The molecule has 0 amide bonds. The Morgan fingerprint density at radius 2 is 1.90 bits per heavy atom. The summed E-state index contributed by atoms with van der Waals surface area (Å²) in [6.07, 6.45) is 1.21. The number of nitrogens with zero attached hydrogens (tertiary/aromatic N) is 2. The van der Waals surface area contributed by atoms with E-state index in [0.29, 0.717) is 16.7 Å². The quantitative estimate of drug-likeness (QED) is 0.753. The summed E-state index contributed by atoms with van der Waals surface area (Å²) >= 11 is 0. The van der Waals surface area contributed by atoms with E-state index in [0.717, 1.165) is 11.3 Å². The summed E-state index contributed by atoms with van der Waals surface area (Å²) in [5, 5.41) is 13.7. The zero-order valence-corrected chi connectivity index (χ0v) is 11.5. The van der Waals surface area contributed by atoms with E-state index in [2.05, 4.69) is 10.1 Å². The fraction of sp³-hybridized carbons (Fsp3) is 0.133. The fourth-order valence-electron chi connectivity index (χ4n) is 2.30. The van der Waals surface area contributed by atoms with Gasteiger partial charge in [-0.3, -0.25) is 4.79 Å². The number of nitrogens with one attached hydrogen (secondary N) is 1. The predicted molar refractivity (Wildman–Crippen MR) is 78.1 cm³/mol. The van der Waals surface area contributed by atoms with Crippen molar-refractivity contribution in [3.05, 3.63) is 57.5 Å². The Hall–Kier alpha value is -2.89. The Morgan fingerprint density at radius 1 is 1.24 bits per heavy atom. The van der Waals surface area contributed by atoms with E-state index in [1.54, 1.807) is 11.6 Å². The number of aryl methyl sites for hydroxylation is 2. The molecule has 0 aliphatic heterocycles. The molecule has 0 spiro atoms. The average Bonchev–Trinajstić information content (AvgIpc) is 2.78. The molecule has 3 rings (SSSR count). The summed E-state index contributed by atoms with van der Waals surface area (Å²) in [6, 6.07) is 7.68. The first-order chi connectivity index (χ1) is 9.99. The molecule has 2 heterocycles. The first-order valence-electron chi connectivity index (χ1n) is 6.40. The first kappa shape index (κ1) is 13.1. The second-order valence-corrected chi connectivity index (χ2v) is 4.89. The molecule has 0 aliphatic rings. The third kappa shape index (κ3) is 2.01. The van der Waals surface area contributed by atoms with Crippen molar-refractivity contribution in [1.29, 1.82) is 0 Å². The fourth-order valence-corrected chi connectivity index (χ4v) is 2.30. The number of carboxylic acids is 1.